The molecule has 1 aromatic rings. The third-order valence-electron chi connectivity index (χ3n) is 3.39. The summed E-state index contributed by atoms with van der Waals surface area (Å²) >= 11 is 0. The Morgan fingerprint density at radius 2 is 2.00 bits per heavy atom. The molecule has 0 unspecified atom stereocenters. The quantitative estimate of drug-likeness (QED) is 0.820. The molecule has 94 valence electrons. The number of rotatable bonds is 6. The van der Waals surface area contributed by atoms with Gasteiger partial charge >= 0.3 is 0 Å². The van der Waals surface area contributed by atoms with Crippen molar-refractivity contribution < 1.29 is 4.74 Å². The van der Waals surface area contributed by atoms with E-state index < -0.39 is 0 Å². The Morgan fingerprint density at radius 1 is 1.24 bits per heavy atom. The lowest BCUT2D eigenvalue weighted by molar-refractivity contribution is 0.313. The third kappa shape index (κ3) is 3.01. The molecule has 0 aliphatic heterocycles. The average molecular weight is 233 g/mol. The Balaban J connectivity index is 2.19. The van der Waals surface area contributed by atoms with Gasteiger partial charge in [-0.05, 0) is 67.8 Å². The topological polar surface area (TPSA) is 35.2 Å². The normalized spacial score (nSPS) is 13.8. The minimum Gasteiger partial charge on any atom is -0.493 e. The van der Waals surface area contributed by atoms with Gasteiger partial charge in [0.2, 0.25) is 0 Å². The smallest absolute Gasteiger partial charge is 0.122 e. The lowest BCUT2D eigenvalue weighted by Gasteiger charge is -2.13. The van der Waals surface area contributed by atoms with Crippen molar-refractivity contribution in [2.24, 2.45) is 5.73 Å². The SMILES string of the molecule is CCCOc1cc2c(cc1CCCN)CCC2. The van der Waals surface area contributed by atoms with Crippen LogP contribution in [0.25, 0.3) is 0 Å². The molecule has 0 aromatic heterocycles. The van der Waals surface area contributed by atoms with Crippen LogP contribution in [0.15, 0.2) is 12.1 Å². The maximum atomic E-state index is 5.87. The van der Waals surface area contributed by atoms with Gasteiger partial charge in [0.1, 0.15) is 5.75 Å². The second-order valence-electron chi connectivity index (χ2n) is 4.82. The number of aryl methyl sites for hydroxylation is 3. The van der Waals surface area contributed by atoms with Crippen molar-refractivity contribution >= 4 is 0 Å². The molecule has 17 heavy (non-hydrogen) atoms. The molecule has 0 saturated carbocycles. The van der Waals surface area contributed by atoms with Crippen LogP contribution >= 0.6 is 0 Å². The molecule has 0 atom stereocenters. The maximum absolute atomic E-state index is 5.87. The van der Waals surface area contributed by atoms with Crippen molar-refractivity contribution in [2.45, 2.75) is 45.4 Å². The second kappa shape index (κ2) is 6.06. The predicted molar refractivity (Wildman–Crippen MR) is 71.6 cm³/mol. The monoisotopic (exact) mass is 233 g/mol. The minimum atomic E-state index is 0.754. The molecule has 2 heteroatoms. The van der Waals surface area contributed by atoms with E-state index in [0.29, 0.717) is 0 Å². The first-order chi connectivity index (χ1) is 8.35. The number of hydrogen-bond donors (Lipinski definition) is 1. The first-order valence-corrected chi connectivity index (χ1v) is 6.82. The largest absolute Gasteiger partial charge is 0.493 e. The van der Waals surface area contributed by atoms with Crippen LogP contribution in [-0.4, -0.2) is 13.2 Å². The standard InChI is InChI=1S/C15H23NO/c1-2-9-17-15-11-13-6-3-5-12(13)10-14(15)7-4-8-16/h10-11H,2-9,16H2,1H3. The molecule has 0 fully saturated rings. The Hall–Kier alpha value is -1.02. The van der Waals surface area contributed by atoms with Crippen molar-refractivity contribution in [3.8, 4) is 5.75 Å². The van der Waals surface area contributed by atoms with E-state index in [1.807, 2.05) is 0 Å². The van der Waals surface area contributed by atoms with Gasteiger partial charge in [0.25, 0.3) is 0 Å². The van der Waals surface area contributed by atoms with E-state index in [9.17, 15) is 0 Å². The summed E-state index contributed by atoms with van der Waals surface area (Å²) in [5.41, 5.74) is 9.97. The van der Waals surface area contributed by atoms with Gasteiger partial charge in [-0.3, -0.25) is 0 Å². The fourth-order valence-corrected chi connectivity index (χ4v) is 2.49. The van der Waals surface area contributed by atoms with Gasteiger partial charge in [0.15, 0.2) is 0 Å². The zero-order chi connectivity index (χ0) is 12.1. The van der Waals surface area contributed by atoms with Crippen LogP contribution < -0.4 is 10.5 Å². The van der Waals surface area contributed by atoms with Gasteiger partial charge in [-0.2, -0.15) is 0 Å². The highest BCUT2D eigenvalue weighted by molar-refractivity contribution is 5.45. The molecule has 2 N–H and O–H groups in total. The molecule has 0 bridgehead atoms. The molecule has 0 spiro atoms. The highest BCUT2D eigenvalue weighted by Crippen LogP contribution is 2.30. The summed E-state index contributed by atoms with van der Waals surface area (Å²) in [5, 5.41) is 0. The molecule has 0 heterocycles. The molecule has 1 aliphatic rings. The summed E-state index contributed by atoms with van der Waals surface area (Å²) < 4.78 is 5.87. The fourth-order valence-electron chi connectivity index (χ4n) is 2.49. The molecular formula is C15H23NO. The summed E-state index contributed by atoms with van der Waals surface area (Å²) in [6.07, 6.45) is 6.90. The Morgan fingerprint density at radius 3 is 2.71 bits per heavy atom. The summed E-state index contributed by atoms with van der Waals surface area (Å²) in [6, 6.07) is 4.62. The van der Waals surface area contributed by atoms with E-state index in [-0.39, 0.29) is 0 Å². The molecule has 0 saturated heterocycles. The maximum Gasteiger partial charge on any atom is 0.122 e. The molecule has 0 amide bonds. The first kappa shape index (κ1) is 12.4. The highest BCUT2D eigenvalue weighted by Gasteiger charge is 2.15. The van der Waals surface area contributed by atoms with E-state index in [4.69, 9.17) is 10.5 Å². The number of benzene rings is 1. The summed E-state index contributed by atoms with van der Waals surface area (Å²) in [6.45, 7) is 3.71. The van der Waals surface area contributed by atoms with Crippen molar-refractivity contribution in [1.29, 1.82) is 0 Å². The zero-order valence-electron chi connectivity index (χ0n) is 10.8. The van der Waals surface area contributed by atoms with Crippen LogP contribution in [0.2, 0.25) is 0 Å². The Labute approximate surface area is 104 Å². The van der Waals surface area contributed by atoms with Gasteiger partial charge in [-0.15, -0.1) is 0 Å². The molecule has 2 rings (SSSR count). The summed E-state index contributed by atoms with van der Waals surface area (Å²) in [4.78, 5) is 0. The van der Waals surface area contributed by atoms with E-state index in [1.165, 1.54) is 36.0 Å². The lowest BCUT2D eigenvalue weighted by atomic mass is 10.0. The predicted octanol–water partition coefficient (Wildman–Crippen LogP) is 2.86. The van der Waals surface area contributed by atoms with Gasteiger partial charge in [-0.25, -0.2) is 0 Å². The minimum absolute atomic E-state index is 0.754. The van der Waals surface area contributed by atoms with E-state index in [1.54, 1.807) is 0 Å². The van der Waals surface area contributed by atoms with Crippen LogP contribution in [0.5, 0.6) is 5.75 Å². The number of nitrogens with two attached hydrogens (primary N) is 1. The summed E-state index contributed by atoms with van der Waals surface area (Å²) in [5.74, 6) is 1.10. The van der Waals surface area contributed by atoms with Crippen molar-refractivity contribution in [3.05, 3.63) is 28.8 Å². The van der Waals surface area contributed by atoms with E-state index in [0.717, 1.165) is 38.2 Å². The fraction of sp³-hybridized carbons (Fsp3) is 0.600. The van der Waals surface area contributed by atoms with Crippen LogP contribution in [-0.2, 0) is 19.3 Å². The highest BCUT2D eigenvalue weighted by atomic mass is 16.5. The number of hydrogen-bond acceptors (Lipinski definition) is 2. The van der Waals surface area contributed by atoms with E-state index >= 15 is 0 Å². The summed E-state index contributed by atoms with van der Waals surface area (Å²) in [7, 11) is 0. The van der Waals surface area contributed by atoms with Crippen LogP contribution in [0.4, 0.5) is 0 Å². The molecule has 0 radical (unpaired) electrons. The molecule has 2 nitrogen and oxygen atoms in total. The van der Waals surface area contributed by atoms with Gasteiger partial charge in [-0.1, -0.05) is 13.0 Å². The molecular weight excluding hydrogens is 210 g/mol. The average Bonchev–Trinajstić information content (AvgIpc) is 2.80. The first-order valence-electron chi connectivity index (χ1n) is 6.82. The van der Waals surface area contributed by atoms with Crippen molar-refractivity contribution in [2.75, 3.05) is 13.2 Å². The van der Waals surface area contributed by atoms with Crippen LogP contribution in [0.3, 0.4) is 0 Å². The molecule has 1 aromatic carbocycles. The lowest BCUT2D eigenvalue weighted by Crippen LogP contribution is -2.04. The number of fused-ring (bicyclic) bond motifs is 1. The zero-order valence-corrected chi connectivity index (χ0v) is 10.8. The van der Waals surface area contributed by atoms with E-state index in [2.05, 4.69) is 19.1 Å². The van der Waals surface area contributed by atoms with Gasteiger partial charge in [0.05, 0.1) is 6.61 Å². The molecule has 1 aliphatic carbocycles. The van der Waals surface area contributed by atoms with Crippen LogP contribution in [0.1, 0.15) is 42.9 Å². The second-order valence-corrected chi connectivity index (χ2v) is 4.82. The van der Waals surface area contributed by atoms with Gasteiger partial charge < -0.3 is 10.5 Å². The van der Waals surface area contributed by atoms with Gasteiger partial charge in [0, 0.05) is 0 Å². The Kier molecular flexibility index (Phi) is 4.43. The van der Waals surface area contributed by atoms with Crippen molar-refractivity contribution in [3.63, 3.8) is 0 Å². The third-order valence-corrected chi connectivity index (χ3v) is 3.39. The number of ether oxygens (including phenoxy) is 1. The Bertz CT molecular complexity index is 338. The van der Waals surface area contributed by atoms with Crippen LogP contribution in [0, 0.1) is 0 Å². The van der Waals surface area contributed by atoms with Crippen molar-refractivity contribution in [1.82, 2.24) is 0 Å².